The molecule has 1 aromatic rings. The summed E-state index contributed by atoms with van der Waals surface area (Å²) in [6.45, 7) is 8.35. The van der Waals surface area contributed by atoms with Gasteiger partial charge in [0, 0.05) is 37.3 Å². The highest BCUT2D eigenvalue weighted by molar-refractivity contribution is 7.87. The largest absolute Gasteiger partial charge is 0.498 e. The van der Waals surface area contributed by atoms with E-state index >= 15 is 0 Å². The quantitative estimate of drug-likeness (QED) is 0.720. The highest BCUT2D eigenvalue weighted by atomic mass is 32.2. The predicted molar refractivity (Wildman–Crippen MR) is 84.4 cm³/mol. The van der Waals surface area contributed by atoms with Crippen LogP contribution in [0.15, 0.2) is 12.4 Å². The molecule has 128 valence electrons. The first-order valence-electron chi connectivity index (χ1n) is 7.58. The molecule has 2 saturated heterocycles. The van der Waals surface area contributed by atoms with Crippen LogP contribution in [0.3, 0.4) is 0 Å². The number of aliphatic hydroxyl groups is 1. The fourth-order valence-corrected chi connectivity index (χ4v) is 3.95. The minimum absolute atomic E-state index is 0.00269. The molecule has 0 aliphatic carbocycles. The Labute approximate surface area is 136 Å². The third kappa shape index (κ3) is 2.72. The van der Waals surface area contributed by atoms with Gasteiger partial charge in [-0.1, -0.05) is 0 Å². The average molecular weight is 343 g/mol. The van der Waals surface area contributed by atoms with Crippen molar-refractivity contribution < 1.29 is 22.8 Å². The van der Waals surface area contributed by atoms with Crippen LogP contribution in [0.1, 0.15) is 27.7 Å². The van der Waals surface area contributed by atoms with Crippen molar-refractivity contribution in [1.29, 1.82) is 0 Å². The molecule has 0 radical (unpaired) electrons. The van der Waals surface area contributed by atoms with Crippen molar-refractivity contribution in [2.45, 2.75) is 38.9 Å². The molecule has 0 atom stereocenters. The maximum absolute atomic E-state index is 12.4. The van der Waals surface area contributed by atoms with Gasteiger partial charge in [-0.2, -0.15) is 21.9 Å². The predicted octanol–water partition coefficient (Wildman–Crippen LogP) is -0.801. The molecule has 10 heteroatoms. The molecule has 2 aliphatic heterocycles. The summed E-state index contributed by atoms with van der Waals surface area (Å²) in [6, 6.07) is 0. The Morgan fingerprint density at radius 1 is 1.30 bits per heavy atom. The van der Waals surface area contributed by atoms with Crippen LogP contribution in [0, 0.1) is 5.92 Å². The fourth-order valence-electron chi connectivity index (χ4n) is 2.49. The van der Waals surface area contributed by atoms with E-state index in [1.165, 1.54) is 16.7 Å². The lowest BCUT2D eigenvalue weighted by Crippen LogP contribution is -2.53. The van der Waals surface area contributed by atoms with Crippen molar-refractivity contribution in [3.8, 4) is 0 Å². The Morgan fingerprint density at radius 2 is 1.87 bits per heavy atom. The molecule has 23 heavy (non-hydrogen) atoms. The maximum Gasteiger partial charge on any atom is 0.498 e. The van der Waals surface area contributed by atoms with Gasteiger partial charge in [0.25, 0.3) is 0 Å². The van der Waals surface area contributed by atoms with Crippen molar-refractivity contribution >= 4 is 22.8 Å². The molecule has 8 nitrogen and oxygen atoms in total. The monoisotopic (exact) mass is 343 g/mol. The van der Waals surface area contributed by atoms with E-state index in [0.717, 1.165) is 4.09 Å². The molecule has 1 aromatic heterocycles. The number of nitrogens with zero attached hydrogens (tertiary/aromatic N) is 3. The van der Waals surface area contributed by atoms with E-state index in [1.54, 1.807) is 0 Å². The van der Waals surface area contributed by atoms with Gasteiger partial charge < -0.3 is 14.4 Å². The SMILES string of the molecule is CC1(C)OB(c2cnn(S(=O)(=O)N3CC(CO)C3)c2)OC1(C)C. The molecule has 0 spiro atoms. The second-order valence-electron chi connectivity index (χ2n) is 7.11. The maximum atomic E-state index is 12.4. The van der Waals surface area contributed by atoms with Crippen LogP contribution in [0.2, 0.25) is 0 Å². The molecule has 3 heterocycles. The summed E-state index contributed by atoms with van der Waals surface area (Å²) < 4.78 is 38.9. The van der Waals surface area contributed by atoms with Crippen molar-refractivity contribution in [3.05, 3.63) is 12.4 Å². The first-order valence-corrected chi connectivity index (χ1v) is 8.98. The third-order valence-electron chi connectivity index (χ3n) is 4.85. The molecule has 0 unspecified atom stereocenters. The summed E-state index contributed by atoms with van der Waals surface area (Å²) in [5.74, 6) is 0.00269. The van der Waals surface area contributed by atoms with Gasteiger partial charge in [0.05, 0.1) is 17.4 Å². The normalized spacial score (nSPS) is 24.8. The number of aliphatic hydroxyl groups excluding tert-OH is 1. The topological polar surface area (TPSA) is 93.9 Å². The minimum atomic E-state index is -3.69. The van der Waals surface area contributed by atoms with E-state index < -0.39 is 28.5 Å². The fraction of sp³-hybridized carbons (Fsp3) is 0.769. The Kier molecular flexibility index (Phi) is 3.88. The van der Waals surface area contributed by atoms with E-state index in [2.05, 4.69) is 5.10 Å². The lowest BCUT2D eigenvalue weighted by atomic mass is 9.82. The Morgan fingerprint density at radius 3 is 2.39 bits per heavy atom. The van der Waals surface area contributed by atoms with E-state index in [-0.39, 0.29) is 12.5 Å². The Bertz CT molecular complexity index is 680. The second-order valence-corrected chi connectivity index (χ2v) is 8.89. The summed E-state index contributed by atoms with van der Waals surface area (Å²) in [7, 11) is -4.34. The molecule has 0 bridgehead atoms. The minimum Gasteiger partial charge on any atom is -0.399 e. The van der Waals surface area contributed by atoms with Crippen LogP contribution in [-0.2, 0) is 19.5 Å². The van der Waals surface area contributed by atoms with Crippen LogP contribution in [0.4, 0.5) is 0 Å². The van der Waals surface area contributed by atoms with Gasteiger partial charge in [0.15, 0.2) is 0 Å². The lowest BCUT2D eigenvalue weighted by Gasteiger charge is -2.36. The number of aromatic nitrogens is 2. The van der Waals surface area contributed by atoms with Crippen LogP contribution >= 0.6 is 0 Å². The zero-order chi connectivity index (χ0) is 17.0. The van der Waals surface area contributed by atoms with Crippen molar-refractivity contribution in [2.75, 3.05) is 19.7 Å². The van der Waals surface area contributed by atoms with Gasteiger partial charge in [-0.15, -0.1) is 0 Å². The van der Waals surface area contributed by atoms with E-state index in [0.29, 0.717) is 18.6 Å². The van der Waals surface area contributed by atoms with Gasteiger partial charge in [-0.25, -0.2) is 0 Å². The number of hydrogen-bond acceptors (Lipinski definition) is 6. The van der Waals surface area contributed by atoms with Crippen LogP contribution in [0.5, 0.6) is 0 Å². The van der Waals surface area contributed by atoms with Crippen molar-refractivity contribution in [1.82, 2.24) is 13.5 Å². The Balaban J connectivity index is 1.77. The molecule has 1 N–H and O–H groups in total. The molecule has 0 amide bonds. The van der Waals surface area contributed by atoms with Crippen molar-refractivity contribution in [2.24, 2.45) is 5.92 Å². The first kappa shape index (κ1) is 16.9. The molecule has 0 saturated carbocycles. The van der Waals surface area contributed by atoms with E-state index in [9.17, 15) is 8.42 Å². The average Bonchev–Trinajstić information content (AvgIpc) is 2.92. The third-order valence-corrected chi connectivity index (χ3v) is 6.47. The summed E-state index contributed by atoms with van der Waals surface area (Å²) in [6.07, 6.45) is 2.87. The smallest absolute Gasteiger partial charge is 0.399 e. The van der Waals surface area contributed by atoms with Gasteiger partial charge in [-0.3, -0.25) is 0 Å². The van der Waals surface area contributed by atoms with Gasteiger partial charge in [0.1, 0.15) is 0 Å². The first-order chi connectivity index (χ1) is 10.6. The van der Waals surface area contributed by atoms with Gasteiger partial charge in [-0.05, 0) is 27.7 Å². The molecular formula is C13H22BN3O5S. The standard InChI is InChI=1S/C13H22BN3O5S/c1-12(2)13(3,4)22-14(21-12)11-5-15-17(8-11)23(19,20)16-6-10(7-16)9-18/h5,8,10,18H,6-7,9H2,1-4H3. The molecular weight excluding hydrogens is 321 g/mol. The summed E-state index contributed by atoms with van der Waals surface area (Å²) in [4.78, 5) is 0. The van der Waals surface area contributed by atoms with Crippen LogP contribution in [-0.4, -0.2) is 65.0 Å². The highest BCUT2D eigenvalue weighted by Gasteiger charge is 2.52. The Hall–Kier alpha value is -0.935. The molecule has 0 aromatic carbocycles. The number of rotatable bonds is 4. The van der Waals surface area contributed by atoms with E-state index in [4.69, 9.17) is 14.4 Å². The lowest BCUT2D eigenvalue weighted by molar-refractivity contribution is 0.00578. The van der Waals surface area contributed by atoms with Crippen LogP contribution < -0.4 is 5.46 Å². The van der Waals surface area contributed by atoms with E-state index in [1.807, 2.05) is 27.7 Å². The number of hydrogen-bond donors (Lipinski definition) is 1. The van der Waals surface area contributed by atoms with Crippen LogP contribution in [0.25, 0.3) is 0 Å². The molecule has 2 aliphatic rings. The van der Waals surface area contributed by atoms with Gasteiger partial charge >= 0.3 is 17.3 Å². The summed E-state index contributed by atoms with van der Waals surface area (Å²) in [5, 5.41) is 13.0. The zero-order valence-electron chi connectivity index (χ0n) is 13.8. The van der Waals surface area contributed by atoms with Gasteiger partial charge in [0.2, 0.25) is 0 Å². The zero-order valence-corrected chi connectivity index (χ0v) is 14.6. The summed E-state index contributed by atoms with van der Waals surface area (Å²) in [5.41, 5.74) is -0.430. The molecule has 2 fully saturated rings. The highest BCUT2D eigenvalue weighted by Crippen LogP contribution is 2.36. The molecule has 3 rings (SSSR count). The summed E-state index contributed by atoms with van der Waals surface area (Å²) >= 11 is 0. The second kappa shape index (κ2) is 5.28. The van der Waals surface area contributed by atoms with Crippen molar-refractivity contribution in [3.63, 3.8) is 0 Å².